The van der Waals surface area contributed by atoms with E-state index in [-0.39, 0.29) is 17.4 Å². The smallest absolute Gasteiger partial charge is 0.270 e. The fourth-order valence-electron chi connectivity index (χ4n) is 2.81. The molecule has 1 amide bonds. The van der Waals surface area contributed by atoms with Gasteiger partial charge < -0.3 is 10.1 Å². The molecule has 0 radical (unpaired) electrons. The van der Waals surface area contributed by atoms with E-state index in [0.717, 1.165) is 29.1 Å². The Morgan fingerprint density at radius 3 is 2.46 bits per heavy atom. The second kappa shape index (κ2) is 7.62. The molecule has 0 spiro atoms. The molecule has 1 aromatic carbocycles. The molecule has 6 nitrogen and oxygen atoms in total. The van der Waals surface area contributed by atoms with Crippen LogP contribution in [-0.2, 0) is 5.41 Å². The summed E-state index contributed by atoms with van der Waals surface area (Å²) in [6.07, 6.45) is 0.859. The summed E-state index contributed by atoms with van der Waals surface area (Å²) in [6.45, 7) is 10.3. The maximum Gasteiger partial charge on any atom is 0.270 e. The minimum Gasteiger partial charge on any atom is -0.497 e. The van der Waals surface area contributed by atoms with Gasteiger partial charge in [0.05, 0.1) is 18.5 Å². The van der Waals surface area contributed by atoms with Gasteiger partial charge in [-0.25, -0.2) is 9.50 Å². The lowest BCUT2D eigenvalue weighted by Gasteiger charge is -2.14. The summed E-state index contributed by atoms with van der Waals surface area (Å²) in [6, 6.07) is 11.5. The molecule has 1 unspecified atom stereocenters. The SMILES string of the molecule is CCC(C)NC(=O)c1cc(-c2ccc(OC)cc2)nc2cc(C(C)(C)C)nn12. The van der Waals surface area contributed by atoms with E-state index < -0.39 is 0 Å². The van der Waals surface area contributed by atoms with Crippen LogP contribution in [0.3, 0.4) is 0 Å². The van der Waals surface area contributed by atoms with Gasteiger partial charge in [0.1, 0.15) is 11.4 Å². The number of fused-ring (bicyclic) bond motifs is 1. The summed E-state index contributed by atoms with van der Waals surface area (Å²) in [5, 5.41) is 7.71. The molecular weight excluding hydrogens is 352 g/mol. The lowest BCUT2D eigenvalue weighted by atomic mass is 9.93. The Balaban J connectivity index is 2.16. The highest BCUT2D eigenvalue weighted by Crippen LogP contribution is 2.26. The maximum absolute atomic E-state index is 13.0. The van der Waals surface area contributed by atoms with Gasteiger partial charge in [0.2, 0.25) is 0 Å². The number of ether oxygens (including phenoxy) is 1. The summed E-state index contributed by atoms with van der Waals surface area (Å²) in [7, 11) is 1.64. The second-order valence-electron chi connectivity index (χ2n) is 8.09. The Hall–Kier alpha value is -2.89. The third-order valence-corrected chi connectivity index (χ3v) is 4.80. The highest BCUT2D eigenvalue weighted by Gasteiger charge is 2.22. The average Bonchev–Trinajstić information content (AvgIpc) is 3.11. The van der Waals surface area contributed by atoms with Crippen molar-refractivity contribution >= 4 is 11.6 Å². The van der Waals surface area contributed by atoms with Crippen molar-refractivity contribution in [2.24, 2.45) is 0 Å². The van der Waals surface area contributed by atoms with Crippen LogP contribution < -0.4 is 10.1 Å². The largest absolute Gasteiger partial charge is 0.497 e. The van der Waals surface area contributed by atoms with Crippen molar-refractivity contribution in [1.82, 2.24) is 19.9 Å². The zero-order valence-electron chi connectivity index (χ0n) is 17.4. The first-order valence-corrected chi connectivity index (χ1v) is 9.59. The van der Waals surface area contributed by atoms with Crippen LogP contribution in [0.4, 0.5) is 0 Å². The molecule has 0 aliphatic heterocycles. The van der Waals surface area contributed by atoms with E-state index in [2.05, 4.69) is 31.2 Å². The van der Waals surface area contributed by atoms with Crippen LogP contribution in [0, 0.1) is 0 Å². The van der Waals surface area contributed by atoms with E-state index in [1.54, 1.807) is 17.7 Å². The number of hydrogen-bond donors (Lipinski definition) is 1. The highest BCUT2D eigenvalue weighted by molar-refractivity contribution is 5.94. The quantitative estimate of drug-likeness (QED) is 0.719. The maximum atomic E-state index is 13.0. The minimum atomic E-state index is -0.153. The number of aromatic nitrogens is 3. The number of benzene rings is 1. The van der Waals surface area contributed by atoms with Gasteiger partial charge in [-0.15, -0.1) is 0 Å². The normalized spacial score (nSPS) is 12.8. The number of nitrogens with zero attached hydrogens (tertiary/aromatic N) is 3. The van der Waals surface area contributed by atoms with Gasteiger partial charge in [-0.1, -0.05) is 27.7 Å². The predicted molar refractivity (Wildman–Crippen MR) is 111 cm³/mol. The van der Waals surface area contributed by atoms with Crippen molar-refractivity contribution < 1.29 is 9.53 Å². The number of carbonyl (C=O) groups is 1. The zero-order chi connectivity index (χ0) is 20.5. The zero-order valence-corrected chi connectivity index (χ0v) is 17.4. The van der Waals surface area contributed by atoms with Crippen molar-refractivity contribution in [2.45, 2.75) is 52.5 Å². The summed E-state index contributed by atoms with van der Waals surface area (Å²) >= 11 is 0. The van der Waals surface area contributed by atoms with Crippen LogP contribution >= 0.6 is 0 Å². The first-order chi connectivity index (χ1) is 13.2. The fraction of sp³-hybridized carbons (Fsp3) is 0.409. The monoisotopic (exact) mass is 380 g/mol. The van der Waals surface area contributed by atoms with Gasteiger partial charge in [0, 0.05) is 23.1 Å². The van der Waals surface area contributed by atoms with E-state index in [9.17, 15) is 4.79 Å². The number of amides is 1. The van der Waals surface area contributed by atoms with Crippen LogP contribution in [-0.4, -0.2) is 33.7 Å². The Morgan fingerprint density at radius 1 is 1.21 bits per heavy atom. The molecule has 148 valence electrons. The number of carbonyl (C=O) groups excluding carboxylic acids is 1. The highest BCUT2D eigenvalue weighted by atomic mass is 16.5. The molecule has 6 heteroatoms. The lowest BCUT2D eigenvalue weighted by molar-refractivity contribution is 0.0931. The standard InChI is InChI=1S/C22H28N4O2/c1-7-14(2)23-21(27)18-12-17(15-8-10-16(28-6)11-9-15)24-20-13-19(22(3,4)5)25-26(18)20/h8-14H,7H2,1-6H3,(H,23,27). The van der Waals surface area contributed by atoms with Crippen LogP contribution in [0.2, 0.25) is 0 Å². The molecule has 0 bridgehead atoms. The van der Waals surface area contributed by atoms with Crippen molar-refractivity contribution in [3.05, 3.63) is 47.8 Å². The molecule has 1 atom stereocenters. The summed E-state index contributed by atoms with van der Waals surface area (Å²) in [4.78, 5) is 17.7. The van der Waals surface area contributed by atoms with Crippen LogP contribution in [0.25, 0.3) is 16.9 Å². The van der Waals surface area contributed by atoms with Gasteiger partial charge >= 0.3 is 0 Å². The predicted octanol–water partition coefficient (Wildman–Crippen LogP) is 4.23. The van der Waals surface area contributed by atoms with E-state index in [0.29, 0.717) is 11.3 Å². The molecule has 3 aromatic rings. The summed E-state index contributed by atoms with van der Waals surface area (Å²) in [5.74, 6) is 0.624. The first-order valence-electron chi connectivity index (χ1n) is 9.59. The van der Waals surface area contributed by atoms with Gasteiger partial charge in [-0.3, -0.25) is 4.79 Å². The average molecular weight is 380 g/mol. The third-order valence-electron chi connectivity index (χ3n) is 4.80. The fourth-order valence-corrected chi connectivity index (χ4v) is 2.81. The van der Waals surface area contributed by atoms with Gasteiger partial charge in [0.15, 0.2) is 5.65 Å². The molecule has 28 heavy (non-hydrogen) atoms. The molecule has 2 aromatic heterocycles. The van der Waals surface area contributed by atoms with Crippen LogP contribution in [0.15, 0.2) is 36.4 Å². The second-order valence-corrected chi connectivity index (χ2v) is 8.09. The molecule has 0 aliphatic carbocycles. The van der Waals surface area contributed by atoms with Crippen LogP contribution in [0.1, 0.15) is 57.2 Å². The first kappa shape index (κ1) is 19.9. The molecule has 0 saturated heterocycles. The Morgan fingerprint density at radius 2 is 1.89 bits per heavy atom. The Labute approximate surface area is 165 Å². The van der Waals surface area contributed by atoms with Gasteiger partial charge in [-0.05, 0) is 43.7 Å². The number of nitrogens with one attached hydrogen (secondary N) is 1. The van der Waals surface area contributed by atoms with E-state index in [1.807, 2.05) is 44.2 Å². The Bertz CT molecular complexity index is 984. The van der Waals surface area contributed by atoms with Crippen molar-refractivity contribution in [1.29, 1.82) is 0 Å². The van der Waals surface area contributed by atoms with E-state index in [1.165, 1.54) is 0 Å². The van der Waals surface area contributed by atoms with Crippen LogP contribution in [0.5, 0.6) is 5.75 Å². The van der Waals surface area contributed by atoms with Crippen molar-refractivity contribution in [3.8, 4) is 17.0 Å². The van der Waals surface area contributed by atoms with E-state index >= 15 is 0 Å². The topological polar surface area (TPSA) is 68.5 Å². The molecular formula is C22H28N4O2. The minimum absolute atomic E-state index is 0.0813. The van der Waals surface area contributed by atoms with E-state index in [4.69, 9.17) is 9.72 Å². The molecule has 3 rings (SSSR count). The van der Waals surface area contributed by atoms with Gasteiger partial charge in [0.25, 0.3) is 5.91 Å². The number of hydrogen-bond acceptors (Lipinski definition) is 4. The number of methoxy groups -OCH3 is 1. The van der Waals surface area contributed by atoms with Crippen molar-refractivity contribution in [3.63, 3.8) is 0 Å². The van der Waals surface area contributed by atoms with Crippen molar-refractivity contribution in [2.75, 3.05) is 7.11 Å². The lowest BCUT2D eigenvalue weighted by Crippen LogP contribution is -2.33. The number of rotatable bonds is 5. The molecule has 0 saturated carbocycles. The summed E-state index contributed by atoms with van der Waals surface area (Å²) in [5.41, 5.74) is 3.53. The summed E-state index contributed by atoms with van der Waals surface area (Å²) < 4.78 is 6.88. The molecule has 0 fully saturated rings. The van der Waals surface area contributed by atoms with Gasteiger partial charge in [-0.2, -0.15) is 5.10 Å². The molecule has 1 N–H and O–H groups in total. The molecule has 2 heterocycles. The molecule has 0 aliphatic rings. The Kier molecular flexibility index (Phi) is 5.40. The third kappa shape index (κ3) is 4.01.